The van der Waals surface area contributed by atoms with Gasteiger partial charge in [-0.05, 0) is 61.1 Å². The summed E-state index contributed by atoms with van der Waals surface area (Å²) in [5, 5.41) is 0. The highest BCUT2D eigenvalue weighted by Gasteiger charge is 2.44. The maximum atomic E-state index is 14.1. The molecule has 4 nitrogen and oxygen atoms in total. The predicted molar refractivity (Wildman–Crippen MR) is 162 cm³/mol. The van der Waals surface area contributed by atoms with Gasteiger partial charge in [0.1, 0.15) is 0 Å². The van der Waals surface area contributed by atoms with Crippen LogP contribution in [0.25, 0.3) is 11.1 Å². The second-order valence-electron chi connectivity index (χ2n) is 12.0. The molecule has 0 unspecified atom stereocenters. The molecule has 5 rings (SSSR count). The number of hydrogen-bond donors (Lipinski definition) is 0. The SMILES string of the molecule is CCCCC1(CCCC)c2cc(C(=O)c3ccccc3)ccc2-c2ccc(C(=O)C(C)(C)N3CCOCC3)cc21. The Morgan fingerprint density at radius 1 is 0.775 bits per heavy atom. The molecule has 0 saturated carbocycles. The van der Waals surface area contributed by atoms with Gasteiger partial charge in [0, 0.05) is 35.2 Å². The van der Waals surface area contributed by atoms with Crippen molar-refractivity contribution in [1.29, 1.82) is 0 Å². The van der Waals surface area contributed by atoms with Crippen molar-refractivity contribution in [1.82, 2.24) is 4.90 Å². The van der Waals surface area contributed by atoms with Gasteiger partial charge in [-0.1, -0.05) is 94.1 Å². The molecule has 210 valence electrons. The molecule has 0 aromatic heterocycles. The summed E-state index contributed by atoms with van der Waals surface area (Å²) in [6.45, 7) is 11.4. The lowest BCUT2D eigenvalue weighted by Crippen LogP contribution is -2.54. The van der Waals surface area contributed by atoms with Crippen LogP contribution in [0.3, 0.4) is 0 Å². The highest BCUT2D eigenvalue weighted by molar-refractivity contribution is 6.09. The smallest absolute Gasteiger partial charge is 0.193 e. The number of morpholine rings is 1. The van der Waals surface area contributed by atoms with Gasteiger partial charge in [-0.25, -0.2) is 0 Å². The first-order valence-electron chi connectivity index (χ1n) is 15.1. The molecule has 1 aliphatic carbocycles. The predicted octanol–water partition coefficient (Wildman–Crippen LogP) is 7.86. The summed E-state index contributed by atoms with van der Waals surface area (Å²) in [7, 11) is 0. The van der Waals surface area contributed by atoms with Crippen molar-refractivity contribution in [2.45, 2.75) is 77.2 Å². The molecular formula is C36H43NO3. The number of fused-ring (bicyclic) bond motifs is 3. The van der Waals surface area contributed by atoms with Crippen molar-refractivity contribution in [2.75, 3.05) is 26.3 Å². The van der Waals surface area contributed by atoms with E-state index in [2.05, 4.69) is 43.0 Å². The van der Waals surface area contributed by atoms with Crippen molar-refractivity contribution < 1.29 is 14.3 Å². The quantitative estimate of drug-likeness (QED) is 0.234. The number of unbranched alkanes of at least 4 members (excludes halogenated alkanes) is 2. The number of hydrogen-bond acceptors (Lipinski definition) is 4. The maximum absolute atomic E-state index is 14.1. The Bertz CT molecular complexity index is 1360. The van der Waals surface area contributed by atoms with E-state index in [4.69, 9.17) is 4.74 Å². The highest BCUT2D eigenvalue weighted by Crippen LogP contribution is 2.54. The normalized spacial score (nSPS) is 16.4. The number of rotatable bonds is 11. The average Bonchev–Trinajstić information content (AvgIpc) is 3.27. The second-order valence-corrected chi connectivity index (χ2v) is 12.0. The van der Waals surface area contributed by atoms with Crippen LogP contribution in [0.1, 0.15) is 104 Å². The zero-order chi connectivity index (χ0) is 28.3. The molecule has 2 aliphatic rings. The Morgan fingerprint density at radius 3 is 1.90 bits per heavy atom. The molecule has 1 heterocycles. The molecule has 3 aromatic rings. The number of carbonyl (C=O) groups is 2. The van der Waals surface area contributed by atoms with E-state index in [1.165, 1.54) is 22.3 Å². The van der Waals surface area contributed by atoms with Gasteiger partial charge in [-0.3, -0.25) is 14.5 Å². The van der Waals surface area contributed by atoms with E-state index in [9.17, 15) is 9.59 Å². The number of carbonyl (C=O) groups excluding carboxylic acids is 2. The van der Waals surface area contributed by atoms with Gasteiger partial charge in [-0.15, -0.1) is 0 Å². The van der Waals surface area contributed by atoms with Crippen LogP contribution in [0.4, 0.5) is 0 Å². The van der Waals surface area contributed by atoms with Crippen LogP contribution in [-0.2, 0) is 10.2 Å². The molecule has 0 spiro atoms. The average molecular weight is 538 g/mol. The number of nitrogens with zero attached hydrogens (tertiary/aromatic N) is 1. The first-order valence-corrected chi connectivity index (χ1v) is 15.1. The Labute approximate surface area is 239 Å². The Kier molecular flexibility index (Phi) is 8.39. The second kappa shape index (κ2) is 11.8. The minimum Gasteiger partial charge on any atom is -0.379 e. The van der Waals surface area contributed by atoms with Crippen LogP contribution < -0.4 is 0 Å². The summed E-state index contributed by atoms with van der Waals surface area (Å²) in [5.41, 5.74) is 6.35. The summed E-state index contributed by atoms with van der Waals surface area (Å²) in [4.78, 5) is 29.8. The number of Topliss-reactive ketones (excluding diaryl/α,β-unsaturated/α-hetero) is 1. The third kappa shape index (κ3) is 5.08. The number of ketones is 2. The number of benzene rings is 3. The van der Waals surface area contributed by atoms with E-state index in [1.54, 1.807) is 0 Å². The van der Waals surface area contributed by atoms with E-state index >= 15 is 0 Å². The monoisotopic (exact) mass is 537 g/mol. The Balaban J connectivity index is 1.61. The van der Waals surface area contributed by atoms with E-state index in [0.717, 1.165) is 62.7 Å². The molecule has 1 aliphatic heterocycles. The Morgan fingerprint density at radius 2 is 1.32 bits per heavy atom. The molecule has 4 heteroatoms. The molecule has 1 fully saturated rings. The summed E-state index contributed by atoms with van der Waals surface area (Å²) in [6, 6.07) is 22.2. The van der Waals surface area contributed by atoms with E-state index < -0.39 is 5.54 Å². The van der Waals surface area contributed by atoms with Gasteiger partial charge in [0.2, 0.25) is 0 Å². The van der Waals surface area contributed by atoms with Crippen molar-refractivity contribution in [2.24, 2.45) is 0 Å². The van der Waals surface area contributed by atoms with Crippen LogP contribution >= 0.6 is 0 Å². The summed E-state index contributed by atoms with van der Waals surface area (Å²) < 4.78 is 5.56. The van der Waals surface area contributed by atoms with E-state index in [1.807, 2.05) is 56.3 Å². The molecule has 3 aromatic carbocycles. The number of ether oxygens (including phenoxy) is 1. The lowest BCUT2D eigenvalue weighted by molar-refractivity contribution is -0.00430. The zero-order valence-corrected chi connectivity index (χ0v) is 24.6. The lowest BCUT2D eigenvalue weighted by Gasteiger charge is -2.39. The van der Waals surface area contributed by atoms with Crippen molar-refractivity contribution in [3.8, 4) is 11.1 Å². The molecule has 0 radical (unpaired) electrons. The molecule has 1 saturated heterocycles. The van der Waals surface area contributed by atoms with E-state index in [0.29, 0.717) is 18.8 Å². The van der Waals surface area contributed by atoms with Gasteiger partial charge in [-0.2, -0.15) is 0 Å². The fourth-order valence-corrected chi connectivity index (χ4v) is 6.77. The largest absolute Gasteiger partial charge is 0.379 e. The van der Waals surface area contributed by atoms with Gasteiger partial charge in [0.05, 0.1) is 18.8 Å². The summed E-state index contributed by atoms with van der Waals surface area (Å²) >= 11 is 0. The first kappa shape index (κ1) is 28.4. The standard InChI is InChI=1S/C36H43NO3/c1-5-7-18-36(19-8-6-2)31-24-27(33(38)26-12-10-9-11-13-26)14-16-29(31)30-17-15-28(25-32(30)36)34(39)35(3,4)37-20-22-40-23-21-37/h9-17,24-25H,5-8,18-23H2,1-4H3. The minimum atomic E-state index is -0.603. The summed E-state index contributed by atoms with van der Waals surface area (Å²) in [6.07, 6.45) is 6.41. The van der Waals surface area contributed by atoms with Gasteiger partial charge < -0.3 is 4.74 Å². The first-order chi connectivity index (χ1) is 19.3. The molecular weight excluding hydrogens is 494 g/mol. The fourth-order valence-electron chi connectivity index (χ4n) is 6.77. The third-order valence-electron chi connectivity index (χ3n) is 9.19. The highest BCUT2D eigenvalue weighted by atomic mass is 16.5. The minimum absolute atomic E-state index is 0.0577. The maximum Gasteiger partial charge on any atom is 0.193 e. The Hall–Kier alpha value is -3.08. The lowest BCUT2D eigenvalue weighted by atomic mass is 9.70. The third-order valence-corrected chi connectivity index (χ3v) is 9.19. The summed E-state index contributed by atoms with van der Waals surface area (Å²) in [5.74, 6) is 0.218. The molecule has 40 heavy (non-hydrogen) atoms. The van der Waals surface area contributed by atoms with Crippen LogP contribution in [0, 0.1) is 0 Å². The zero-order valence-electron chi connectivity index (χ0n) is 24.6. The van der Waals surface area contributed by atoms with Crippen LogP contribution in [0.15, 0.2) is 66.7 Å². The van der Waals surface area contributed by atoms with Crippen molar-refractivity contribution in [3.63, 3.8) is 0 Å². The van der Waals surface area contributed by atoms with Gasteiger partial charge >= 0.3 is 0 Å². The van der Waals surface area contributed by atoms with Gasteiger partial charge in [0.25, 0.3) is 0 Å². The van der Waals surface area contributed by atoms with Crippen molar-refractivity contribution >= 4 is 11.6 Å². The van der Waals surface area contributed by atoms with Crippen molar-refractivity contribution in [3.05, 3.63) is 94.5 Å². The molecule has 0 bridgehead atoms. The van der Waals surface area contributed by atoms with Gasteiger partial charge in [0.15, 0.2) is 11.6 Å². The topological polar surface area (TPSA) is 46.6 Å². The van der Waals surface area contributed by atoms with E-state index in [-0.39, 0.29) is 17.0 Å². The van der Waals surface area contributed by atoms with Crippen LogP contribution in [-0.4, -0.2) is 48.3 Å². The van der Waals surface area contributed by atoms with Crippen LogP contribution in [0.5, 0.6) is 0 Å². The van der Waals surface area contributed by atoms with Crippen LogP contribution in [0.2, 0.25) is 0 Å². The molecule has 0 atom stereocenters. The molecule has 0 amide bonds. The molecule has 0 N–H and O–H groups in total. The fraction of sp³-hybridized carbons (Fsp3) is 0.444.